The van der Waals surface area contributed by atoms with Crippen molar-refractivity contribution in [2.24, 2.45) is 0 Å². The van der Waals surface area contributed by atoms with E-state index in [2.05, 4.69) is 59.3 Å². The molecule has 2 aliphatic heterocycles. The Morgan fingerprint density at radius 1 is 0.955 bits per heavy atom. The van der Waals surface area contributed by atoms with Gasteiger partial charge >= 0.3 is 0 Å². The maximum Gasteiger partial charge on any atom is 0.0930 e. The van der Waals surface area contributed by atoms with Gasteiger partial charge in [0.2, 0.25) is 0 Å². The normalized spacial score (nSPS) is 27.1. The summed E-state index contributed by atoms with van der Waals surface area (Å²) < 4.78 is 0. The highest BCUT2D eigenvalue weighted by molar-refractivity contribution is 5.60. The van der Waals surface area contributed by atoms with Gasteiger partial charge in [0.05, 0.1) is 11.4 Å². The number of piperidine rings is 1. The maximum atomic E-state index is 4.63. The molecule has 2 bridgehead atoms. The smallest absolute Gasteiger partial charge is 0.0930 e. The Morgan fingerprint density at radius 3 is 2.50 bits per heavy atom. The van der Waals surface area contributed by atoms with E-state index in [0.29, 0.717) is 0 Å². The summed E-state index contributed by atoms with van der Waals surface area (Å²) in [6, 6.07) is 10.9. The van der Waals surface area contributed by atoms with Crippen LogP contribution < -0.4 is 0 Å². The summed E-state index contributed by atoms with van der Waals surface area (Å²) in [6.45, 7) is 7.92. The lowest BCUT2D eigenvalue weighted by Gasteiger charge is -2.33. The van der Waals surface area contributed by atoms with Crippen molar-refractivity contribution < 1.29 is 0 Å². The average molecular weight is 293 g/mol. The van der Waals surface area contributed by atoms with Crippen molar-refractivity contribution in [3.05, 3.63) is 47.2 Å². The van der Waals surface area contributed by atoms with E-state index in [9.17, 15) is 0 Å². The molecule has 0 saturated carbocycles. The Kier molecular flexibility index (Phi) is 3.26. The second-order valence-corrected chi connectivity index (χ2v) is 7.09. The molecule has 0 N–H and O–H groups in total. The predicted molar refractivity (Wildman–Crippen MR) is 88.9 cm³/mol. The third kappa shape index (κ3) is 2.34. The molecule has 0 amide bonds. The second-order valence-electron chi connectivity index (χ2n) is 7.09. The van der Waals surface area contributed by atoms with E-state index < -0.39 is 0 Å². The molecular weight excluding hydrogens is 270 g/mol. The zero-order chi connectivity index (χ0) is 15.2. The molecule has 2 atom stereocenters. The molecule has 3 heteroatoms. The van der Waals surface area contributed by atoms with Crippen molar-refractivity contribution in [2.45, 2.75) is 38.5 Å². The maximum absolute atomic E-state index is 4.63. The molecule has 3 nitrogen and oxygen atoms in total. The van der Waals surface area contributed by atoms with E-state index in [4.69, 9.17) is 0 Å². The molecule has 114 valence electrons. The minimum atomic E-state index is 0.270. The number of rotatable bonds is 2. The third-order valence-corrected chi connectivity index (χ3v) is 5.29. The molecule has 2 saturated heterocycles. The van der Waals surface area contributed by atoms with Crippen LogP contribution in [0.4, 0.5) is 0 Å². The minimum absolute atomic E-state index is 0.270. The van der Waals surface area contributed by atoms with E-state index >= 15 is 0 Å². The Bertz CT molecular complexity index is 668. The van der Waals surface area contributed by atoms with Crippen molar-refractivity contribution in [2.75, 3.05) is 19.6 Å². The summed E-state index contributed by atoms with van der Waals surface area (Å²) in [5.41, 5.74) is 6.18. The molecule has 0 aliphatic carbocycles. The van der Waals surface area contributed by atoms with Gasteiger partial charge in [-0.05, 0) is 70.5 Å². The molecule has 0 spiro atoms. The van der Waals surface area contributed by atoms with Crippen LogP contribution in [0.15, 0.2) is 30.3 Å². The Morgan fingerprint density at radius 2 is 1.77 bits per heavy atom. The van der Waals surface area contributed by atoms with Crippen molar-refractivity contribution in [1.82, 2.24) is 15.1 Å². The average Bonchev–Trinajstić information content (AvgIpc) is 2.82. The van der Waals surface area contributed by atoms with Crippen LogP contribution in [0, 0.1) is 13.8 Å². The van der Waals surface area contributed by atoms with E-state index in [1.165, 1.54) is 61.3 Å². The zero-order valence-corrected chi connectivity index (χ0v) is 13.5. The summed E-state index contributed by atoms with van der Waals surface area (Å²) in [5.74, 6) is 0. The summed E-state index contributed by atoms with van der Waals surface area (Å²) in [6.07, 6.45) is 3.80. The summed E-state index contributed by atoms with van der Waals surface area (Å²) in [7, 11) is 0. The number of hydrogen-bond donors (Lipinski definition) is 0. The molecule has 22 heavy (non-hydrogen) atoms. The number of aryl methyl sites for hydroxylation is 2. The molecule has 0 radical (unpaired) electrons. The largest absolute Gasteiger partial charge is 0.302 e. The fourth-order valence-electron chi connectivity index (χ4n) is 4.22. The van der Waals surface area contributed by atoms with Crippen molar-refractivity contribution in [3.63, 3.8) is 0 Å². The quantitative estimate of drug-likeness (QED) is 0.848. The highest BCUT2D eigenvalue weighted by Gasteiger charge is 2.43. The topological polar surface area (TPSA) is 29.0 Å². The number of hydrogen-bond acceptors (Lipinski definition) is 3. The van der Waals surface area contributed by atoms with Crippen LogP contribution in [0.3, 0.4) is 0 Å². The summed E-state index contributed by atoms with van der Waals surface area (Å²) in [4.78, 5) is 2.57. The van der Waals surface area contributed by atoms with Gasteiger partial charge in [0, 0.05) is 17.5 Å². The fourth-order valence-corrected chi connectivity index (χ4v) is 4.22. The molecule has 1 unspecified atom stereocenters. The first kappa shape index (κ1) is 13.9. The van der Waals surface area contributed by atoms with Gasteiger partial charge in [-0.25, -0.2) is 0 Å². The number of fused-ring (bicyclic) bond motifs is 2. The van der Waals surface area contributed by atoms with E-state index in [-0.39, 0.29) is 5.41 Å². The van der Waals surface area contributed by atoms with Gasteiger partial charge in [-0.1, -0.05) is 17.2 Å². The van der Waals surface area contributed by atoms with Crippen LogP contribution in [-0.2, 0) is 5.41 Å². The lowest BCUT2D eigenvalue weighted by atomic mass is 9.78. The Balaban J connectivity index is 1.66. The van der Waals surface area contributed by atoms with Crippen LogP contribution in [0.25, 0.3) is 11.3 Å². The molecule has 2 aliphatic rings. The minimum Gasteiger partial charge on any atom is -0.302 e. The number of benzene rings is 1. The molecule has 1 aromatic heterocycles. The van der Waals surface area contributed by atoms with Gasteiger partial charge in [-0.15, -0.1) is 0 Å². The second kappa shape index (κ2) is 5.17. The molecular formula is C19H23N3. The first-order valence-electron chi connectivity index (χ1n) is 8.30. The summed E-state index contributed by atoms with van der Waals surface area (Å²) >= 11 is 0. The highest BCUT2D eigenvalue weighted by Crippen LogP contribution is 2.41. The van der Waals surface area contributed by atoms with E-state index in [0.717, 1.165) is 5.69 Å². The molecule has 1 aromatic carbocycles. The van der Waals surface area contributed by atoms with Crippen molar-refractivity contribution in [3.8, 4) is 11.3 Å². The van der Waals surface area contributed by atoms with Gasteiger partial charge in [0.25, 0.3) is 0 Å². The molecule has 2 fully saturated rings. The van der Waals surface area contributed by atoms with E-state index in [1.54, 1.807) is 0 Å². The lowest BCUT2D eigenvalue weighted by molar-refractivity contribution is 0.239. The lowest BCUT2D eigenvalue weighted by Crippen LogP contribution is -2.37. The third-order valence-electron chi connectivity index (χ3n) is 5.29. The molecule has 2 aromatic rings. The zero-order valence-electron chi connectivity index (χ0n) is 13.5. The van der Waals surface area contributed by atoms with E-state index in [1.807, 2.05) is 0 Å². The molecule has 3 heterocycles. The van der Waals surface area contributed by atoms with Gasteiger partial charge in [-0.2, -0.15) is 10.2 Å². The monoisotopic (exact) mass is 293 g/mol. The van der Waals surface area contributed by atoms with Gasteiger partial charge < -0.3 is 4.90 Å². The van der Waals surface area contributed by atoms with Crippen LogP contribution in [0.1, 0.15) is 36.1 Å². The van der Waals surface area contributed by atoms with Crippen LogP contribution >= 0.6 is 0 Å². The molecule has 4 rings (SSSR count). The van der Waals surface area contributed by atoms with Crippen LogP contribution in [-0.4, -0.2) is 34.7 Å². The Hall–Kier alpha value is -1.74. The van der Waals surface area contributed by atoms with Gasteiger partial charge in [0.15, 0.2) is 0 Å². The van der Waals surface area contributed by atoms with Crippen LogP contribution in [0.2, 0.25) is 0 Å². The standard InChI is InChI=1S/C19H23N3/c1-14-10-15(2)12-16(11-14)17-4-5-18(21-20-17)19-6-3-8-22(13-19)9-7-19/h4-5,10-12H,3,6-9,13H2,1-2H3/t19-/m0/s1. The number of aromatic nitrogens is 2. The first-order valence-corrected chi connectivity index (χ1v) is 8.30. The van der Waals surface area contributed by atoms with Gasteiger partial charge in [-0.3, -0.25) is 0 Å². The van der Waals surface area contributed by atoms with Crippen molar-refractivity contribution >= 4 is 0 Å². The predicted octanol–water partition coefficient (Wildman–Crippen LogP) is 3.50. The fraction of sp³-hybridized carbons (Fsp3) is 0.474. The first-order chi connectivity index (χ1) is 10.6. The van der Waals surface area contributed by atoms with Gasteiger partial charge in [0.1, 0.15) is 0 Å². The SMILES string of the molecule is Cc1cc(C)cc(-c2ccc([C@@]34CCCN(CC3)C4)nn2)c1. The summed E-state index contributed by atoms with van der Waals surface area (Å²) in [5, 5.41) is 9.18. The Labute approximate surface area is 132 Å². The van der Waals surface area contributed by atoms with Crippen molar-refractivity contribution in [1.29, 1.82) is 0 Å². The highest BCUT2D eigenvalue weighted by atomic mass is 15.2. The van der Waals surface area contributed by atoms with Crippen LogP contribution in [0.5, 0.6) is 0 Å². The number of nitrogens with zero attached hydrogens (tertiary/aromatic N) is 3.